The Kier molecular flexibility index (Phi) is 15.3. The summed E-state index contributed by atoms with van der Waals surface area (Å²) in [5, 5.41) is 34.0. The number of carbonyl (C=O) groups is 1. The Morgan fingerprint density at radius 1 is 1.02 bits per heavy atom. The average Bonchev–Trinajstić information content (AvgIpc) is 4.07. The summed E-state index contributed by atoms with van der Waals surface area (Å²) in [6.07, 6.45) is 12.9. The fourth-order valence-electron chi connectivity index (χ4n) is 8.95. The molecule has 0 saturated heterocycles. The molecular formula is C44H60N2O9S. The maximum Gasteiger partial charge on any atom is 0.239 e. The molecule has 0 aromatic heterocycles. The third kappa shape index (κ3) is 9.48. The zero-order chi connectivity index (χ0) is 39.5. The smallest absolute Gasteiger partial charge is 0.239 e. The molecule has 2 aromatic rings. The van der Waals surface area contributed by atoms with Crippen LogP contribution in [0, 0.1) is 23.7 Å². The van der Waals surface area contributed by atoms with Crippen LogP contribution in [0.2, 0.25) is 0 Å². The number of aliphatic hydroxyl groups excluding tert-OH is 3. The lowest BCUT2D eigenvalue weighted by molar-refractivity contribution is -0.258. The number of hydrogen-bond acceptors (Lipinski definition) is 11. The third-order valence-electron chi connectivity index (χ3n) is 11.5. The van der Waals surface area contributed by atoms with Gasteiger partial charge in [0.25, 0.3) is 0 Å². The number of aliphatic hydroxyl groups is 3. The quantitative estimate of drug-likeness (QED) is 0.0462. The Morgan fingerprint density at radius 2 is 1.77 bits per heavy atom. The van der Waals surface area contributed by atoms with Crippen molar-refractivity contribution in [1.29, 1.82) is 0 Å². The highest BCUT2D eigenvalue weighted by atomic mass is 32.2. The minimum absolute atomic E-state index is 0.0340. The van der Waals surface area contributed by atoms with Gasteiger partial charge in [0.1, 0.15) is 29.9 Å². The van der Waals surface area contributed by atoms with E-state index < -0.39 is 17.7 Å². The summed E-state index contributed by atoms with van der Waals surface area (Å²) in [5.41, 5.74) is 2.76. The first-order valence-corrected chi connectivity index (χ1v) is 21.7. The standard InChI is InChI=1S/C44H60N2O9S/c1-4-24-52-44-40(46(20-25-51-26-23-49)43(50)30-12-13-30)29-38(45-53-5-2)36-27-31(10-6-8-21-47)35(11-7-9-22-48)41(42(36)44)37-28-33(16-19-39(37)55-44)54-32-14-17-34(56-3)18-15-32/h4,14-19,27-28,30-31,35,40-42,47-49H,1,5-13,20-26,29H2,2-3H3/t31-,35+,40-,41+,42+,44+/m0/s1. The van der Waals surface area contributed by atoms with Gasteiger partial charge in [0.2, 0.25) is 11.7 Å². The highest BCUT2D eigenvalue weighted by molar-refractivity contribution is 7.98. The molecule has 0 bridgehead atoms. The third-order valence-corrected chi connectivity index (χ3v) is 12.3. The van der Waals surface area contributed by atoms with Crippen LogP contribution in [0.1, 0.15) is 76.2 Å². The molecular weight excluding hydrogens is 733 g/mol. The molecule has 56 heavy (non-hydrogen) atoms. The number of allylic oxidation sites excluding steroid dienone is 1. The van der Waals surface area contributed by atoms with Crippen molar-refractivity contribution in [1.82, 2.24) is 4.90 Å². The first kappa shape index (κ1) is 42.2. The van der Waals surface area contributed by atoms with Crippen LogP contribution >= 0.6 is 11.8 Å². The maximum atomic E-state index is 14.4. The summed E-state index contributed by atoms with van der Waals surface area (Å²) < 4.78 is 26.6. The predicted molar refractivity (Wildman–Crippen MR) is 217 cm³/mol. The van der Waals surface area contributed by atoms with Crippen molar-refractivity contribution < 1.29 is 43.9 Å². The second kappa shape index (κ2) is 20.3. The van der Waals surface area contributed by atoms with Gasteiger partial charge in [0, 0.05) is 48.5 Å². The van der Waals surface area contributed by atoms with E-state index in [2.05, 4.69) is 18.7 Å². The van der Waals surface area contributed by atoms with Gasteiger partial charge in [-0.25, -0.2) is 0 Å². The number of rotatable bonds is 23. The number of benzene rings is 2. The van der Waals surface area contributed by atoms with Gasteiger partial charge in [-0.3, -0.25) is 4.79 Å². The molecule has 1 aliphatic heterocycles. The lowest BCUT2D eigenvalue weighted by Crippen LogP contribution is -2.70. The van der Waals surface area contributed by atoms with Crippen molar-refractivity contribution in [2.75, 3.05) is 59.0 Å². The monoisotopic (exact) mass is 792 g/mol. The molecule has 11 nitrogen and oxygen atoms in total. The zero-order valence-electron chi connectivity index (χ0n) is 33.0. The number of carbonyl (C=O) groups excluding carboxylic acids is 1. The molecule has 1 amide bonds. The summed E-state index contributed by atoms with van der Waals surface area (Å²) in [7, 11) is 0. The van der Waals surface area contributed by atoms with E-state index in [0.717, 1.165) is 66.0 Å². The second-order valence-corrected chi connectivity index (χ2v) is 16.0. The number of oxime groups is 1. The first-order valence-electron chi connectivity index (χ1n) is 20.4. The fraction of sp³-hybridized carbons (Fsp3) is 0.591. The van der Waals surface area contributed by atoms with E-state index in [1.807, 2.05) is 54.5 Å². The Morgan fingerprint density at radius 3 is 2.45 bits per heavy atom. The van der Waals surface area contributed by atoms with Gasteiger partial charge in [-0.1, -0.05) is 30.1 Å². The van der Waals surface area contributed by atoms with Gasteiger partial charge < -0.3 is 44.0 Å². The first-order chi connectivity index (χ1) is 27.4. The highest BCUT2D eigenvalue weighted by Crippen LogP contribution is 2.62. The van der Waals surface area contributed by atoms with Gasteiger partial charge in [-0.2, -0.15) is 0 Å². The molecule has 12 heteroatoms. The lowest BCUT2D eigenvalue weighted by atomic mass is 9.55. The zero-order valence-corrected chi connectivity index (χ0v) is 33.8. The Bertz CT molecular complexity index is 1660. The van der Waals surface area contributed by atoms with Crippen molar-refractivity contribution in [3.05, 3.63) is 72.3 Å². The minimum Gasteiger partial charge on any atom is -0.459 e. The highest BCUT2D eigenvalue weighted by Gasteiger charge is 2.65. The van der Waals surface area contributed by atoms with Crippen LogP contribution < -0.4 is 9.47 Å². The number of amides is 1. The SMILES string of the molecule is C=CCO[C@@]12Oc3ccc(Oc4ccc(SC)cc4)cc3[C@H]3[C@H](CCCCO)[C@@H](CCCCO)C=C(C(=NOCC)C[C@@H]1N(CCOCCO)C(=O)C1CC1)[C@H]32. The van der Waals surface area contributed by atoms with E-state index >= 15 is 0 Å². The number of hydrogen-bond donors (Lipinski definition) is 3. The van der Waals surface area contributed by atoms with Crippen LogP contribution in [0.5, 0.6) is 17.2 Å². The molecule has 6 atom stereocenters. The minimum atomic E-state index is -1.33. The van der Waals surface area contributed by atoms with Crippen molar-refractivity contribution >= 4 is 23.4 Å². The molecule has 6 rings (SSSR count). The molecule has 306 valence electrons. The Labute approximate surface area is 336 Å². The predicted octanol–water partition coefficient (Wildman–Crippen LogP) is 7.10. The van der Waals surface area contributed by atoms with Crippen molar-refractivity contribution in [3.63, 3.8) is 0 Å². The number of ether oxygens (including phenoxy) is 4. The average molecular weight is 793 g/mol. The van der Waals surface area contributed by atoms with E-state index in [9.17, 15) is 20.1 Å². The van der Waals surface area contributed by atoms with Crippen LogP contribution in [0.25, 0.3) is 0 Å². The van der Waals surface area contributed by atoms with E-state index in [4.69, 9.17) is 28.9 Å². The molecule has 4 aliphatic rings. The largest absolute Gasteiger partial charge is 0.459 e. The lowest BCUT2D eigenvalue weighted by Gasteiger charge is -2.60. The van der Waals surface area contributed by atoms with Crippen LogP contribution in [0.3, 0.4) is 0 Å². The number of nitrogens with zero attached hydrogens (tertiary/aromatic N) is 2. The number of thioether (sulfide) groups is 1. The van der Waals surface area contributed by atoms with E-state index in [0.29, 0.717) is 43.9 Å². The number of fused-ring (bicyclic) bond motifs is 2. The Hall–Kier alpha value is -3.39. The van der Waals surface area contributed by atoms with E-state index in [1.165, 1.54) is 0 Å². The fourth-order valence-corrected chi connectivity index (χ4v) is 9.36. The summed E-state index contributed by atoms with van der Waals surface area (Å²) >= 11 is 1.68. The van der Waals surface area contributed by atoms with Gasteiger partial charge >= 0.3 is 0 Å². The summed E-state index contributed by atoms with van der Waals surface area (Å²) in [5.74, 6) is 0.398. The van der Waals surface area contributed by atoms with Crippen LogP contribution in [0.4, 0.5) is 0 Å². The van der Waals surface area contributed by atoms with Gasteiger partial charge in [0.05, 0.1) is 38.1 Å². The molecule has 2 fully saturated rings. The maximum absolute atomic E-state index is 14.4. The molecule has 2 aromatic carbocycles. The molecule has 0 spiro atoms. The molecule has 2 saturated carbocycles. The van der Waals surface area contributed by atoms with Crippen molar-refractivity contribution in [3.8, 4) is 17.2 Å². The topological polar surface area (TPSA) is 140 Å². The van der Waals surface area contributed by atoms with Gasteiger partial charge in [-0.05, 0) is 112 Å². The normalized spacial score (nSPS) is 25.8. The van der Waals surface area contributed by atoms with Gasteiger partial charge in [0.15, 0.2) is 0 Å². The molecule has 1 heterocycles. The number of unbranched alkanes of at least 4 members (excludes halogenated alkanes) is 2. The summed E-state index contributed by atoms with van der Waals surface area (Å²) in [6, 6.07) is 13.4. The van der Waals surface area contributed by atoms with E-state index in [-0.39, 0.29) is 69.2 Å². The van der Waals surface area contributed by atoms with Crippen molar-refractivity contribution in [2.24, 2.45) is 28.8 Å². The van der Waals surface area contributed by atoms with Gasteiger partial charge in [-0.15, -0.1) is 18.3 Å². The van der Waals surface area contributed by atoms with Crippen LogP contribution in [0.15, 0.2) is 76.8 Å². The molecule has 0 radical (unpaired) electrons. The van der Waals surface area contributed by atoms with E-state index in [1.54, 1.807) is 17.8 Å². The second-order valence-electron chi connectivity index (χ2n) is 15.1. The van der Waals surface area contributed by atoms with Crippen LogP contribution in [-0.2, 0) is 19.1 Å². The summed E-state index contributed by atoms with van der Waals surface area (Å²) in [4.78, 5) is 23.3. The Balaban J connectivity index is 1.55. The molecule has 0 unspecified atom stereocenters. The molecule has 3 aliphatic carbocycles. The molecule has 3 N–H and O–H groups in total. The van der Waals surface area contributed by atoms with Crippen LogP contribution in [-0.4, -0.2) is 103 Å². The summed E-state index contributed by atoms with van der Waals surface area (Å²) in [6.45, 7) is 7.34. The van der Waals surface area contributed by atoms with Crippen molar-refractivity contribution in [2.45, 2.75) is 87.4 Å².